The standard InChI is InChI=1S/C22H33ClN8/c1-5-7-13-31(17(3)21(27-16-23)22(24-4)25-6-2)14-9-8-10-20-26-15-19(29-20)18-11-12-28-30-18/h6,11-12,25,27H,2-5,7-10,13-16H2,1H3,(H,28,30)/b22-21+. The molecule has 0 unspecified atom stereocenters. The lowest BCUT2D eigenvalue weighted by Gasteiger charge is -2.29. The third kappa shape index (κ3) is 7.40. The highest BCUT2D eigenvalue weighted by Gasteiger charge is 2.16. The van der Waals surface area contributed by atoms with Crippen LogP contribution in [0.1, 0.15) is 44.7 Å². The fraction of sp³-hybridized carbons (Fsp3) is 0.455. The third-order valence-electron chi connectivity index (χ3n) is 4.89. The summed E-state index contributed by atoms with van der Waals surface area (Å²) >= 11 is 5.95. The quantitative estimate of drug-likeness (QED) is 0.119. The van der Waals surface area contributed by atoms with Gasteiger partial charge in [0.1, 0.15) is 11.5 Å². The first-order valence-electron chi connectivity index (χ1n) is 10.6. The maximum absolute atomic E-state index is 5.95. The molecular formula is C22H33ClN8. The molecule has 8 nitrogen and oxygen atoms in total. The molecule has 1 aromatic rings. The van der Waals surface area contributed by atoms with Crippen LogP contribution in [0.4, 0.5) is 0 Å². The number of aromatic nitrogens is 2. The molecule has 1 aromatic heterocycles. The Labute approximate surface area is 190 Å². The highest BCUT2D eigenvalue weighted by molar-refractivity contribution is 6.17. The van der Waals surface area contributed by atoms with Crippen molar-refractivity contribution in [1.82, 2.24) is 25.7 Å². The molecule has 0 amide bonds. The first-order valence-corrected chi connectivity index (χ1v) is 11.1. The van der Waals surface area contributed by atoms with Crippen LogP contribution in [0.2, 0.25) is 0 Å². The number of amidine groups is 1. The zero-order chi connectivity index (χ0) is 22.5. The van der Waals surface area contributed by atoms with Crippen molar-refractivity contribution in [2.45, 2.75) is 39.0 Å². The van der Waals surface area contributed by atoms with Crippen molar-refractivity contribution in [3.8, 4) is 0 Å². The largest absolute Gasteiger partial charge is 0.370 e. The van der Waals surface area contributed by atoms with Gasteiger partial charge in [-0.3, -0.25) is 10.1 Å². The summed E-state index contributed by atoms with van der Waals surface area (Å²) in [5, 5.41) is 13.1. The normalized spacial score (nSPS) is 13.7. The molecule has 31 heavy (non-hydrogen) atoms. The van der Waals surface area contributed by atoms with Gasteiger partial charge in [0, 0.05) is 25.7 Å². The highest BCUT2D eigenvalue weighted by atomic mass is 35.5. The number of H-pyrrole nitrogens is 1. The number of halogens is 1. The van der Waals surface area contributed by atoms with Gasteiger partial charge in [-0.15, -0.1) is 11.6 Å². The lowest BCUT2D eigenvalue weighted by molar-refractivity contribution is 0.332. The molecule has 0 saturated heterocycles. The van der Waals surface area contributed by atoms with Crippen LogP contribution in [-0.4, -0.2) is 59.0 Å². The Kier molecular flexibility index (Phi) is 10.6. The van der Waals surface area contributed by atoms with Gasteiger partial charge in [-0.1, -0.05) is 26.5 Å². The number of aromatic amines is 1. The van der Waals surface area contributed by atoms with E-state index in [-0.39, 0.29) is 6.00 Å². The maximum Gasteiger partial charge on any atom is 0.154 e. The van der Waals surface area contributed by atoms with Crippen molar-refractivity contribution in [2.75, 3.05) is 25.6 Å². The van der Waals surface area contributed by atoms with E-state index < -0.39 is 0 Å². The molecular weight excluding hydrogens is 412 g/mol. The van der Waals surface area contributed by atoms with Crippen molar-refractivity contribution < 1.29 is 0 Å². The van der Waals surface area contributed by atoms with Gasteiger partial charge in [-0.25, -0.2) is 9.98 Å². The minimum Gasteiger partial charge on any atom is -0.370 e. The summed E-state index contributed by atoms with van der Waals surface area (Å²) in [5.74, 6) is 1.46. The molecule has 0 saturated carbocycles. The summed E-state index contributed by atoms with van der Waals surface area (Å²) in [5.41, 5.74) is 3.46. The maximum atomic E-state index is 5.95. The smallest absolute Gasteiger partial charge is 0.154 e. The van der Waals surface area contributed by atoms with E-state index in [2.05, 4.69) is 67.5 Å². The molecule has 0 aromatic carbocycles. The Morgan fingerprint density at radius 2 is 2.16 bits per heavy atom. The number of alkyl halides is 1. The number of hydrogen-bond acceptors (Lipinski definition) is 7. The van der Waals surface area contributed by atoms with Crippen molar-refractivity contribution in [3.63, 3.8) is 0 Å². The van der Waals surface area contributed by atoms with Crippen LogP contribution >= 0.6 is 11.6 Å². The van der Waals surface area contributed by atoms with E-state index >= 15 is 0 Å². The molecule has 0 aliphatic carbocycles. The highest BCUT2D eigenvalue weighted by Crippen LogP contribution is 2.18. The van der Waals surface area contributed by atoms with Crippen LogP contribution in [0.25, 0.3) is 0 Å². The van der Waals surface area contributed by atoms with Gasteiger partial charge in [0.2, 0.25) is 0 Å². The van der Waals surface area contributed by atoms with Gasteiger partial charge < -0.3 is 15.5 Å². The summed E-state index contributed by atoms with van der Waals surface area (Å²) in [6.07, 6.45) is 8.31. The van der Waals surface area contributed by atoms with Crippen LogP contribution in [-0.2, 0) is 0 Å². The molecule has 0 fully saturated rings. The average molecular weight is 445 g/mol. The molecule has 1 aliphatic heterocycles. The van der Waals surface area contributed by atoms with Gasteiger partial charge in [0.05, 0.1) is 29.7 Å². The fourth-order valence-electron chi connectivity index (χ4n) is 3.25. The monoisotopic (exact) mass is 444 g/mol. The van der Waals surface area contributed by atoms with Crippen molar-refractivity contribution in [2.24, 2.45) is 15.0 Å². The number of hydrogen-bond donors (Lipinski definition) is 3. The van der Waals surface area contributed by atoms with Gasteiger partial charge in [0.15, 0.2) is 5.82 Å². The number of aliphatic imine (C=N–C) groups is 3. The van der Waals surface area contributed by atoms with Crippen molar-refractivity contribution >= 4 is 29.9 Å². The summed E-state index contributed by atoms with van der Waals surface area (Å²) in [6, 6.07) is 2.16. The van der Waals surface area contributed by atoms with Crippen LogP contribution in [0.3, 0.4) is 0 Å². The Hall–Kier alpha value is -2.87. The summed E-state index contributed by atoms with van der Waals surface area (Å²) in [7, 11) is 0. The van der Waals surface area contributed by atoms with E-state index in [1.807, 2.05) is 6.07 Å². The van der Waals surface area contributed by atoms with Crippen LogP contribution in [0, 0.1) is 0 Å². The SMILES string of the molecule is C=CN/C(N=C)=C(/NCCl)C(=C)N(CCCC)CCCCC1=NCC(c2ccn[nH]2)=N1. The molecule has 9 heteroatoms. The van der Waals surface area contributed by atoms with Gasteiger partial charge in [-0.2, -0.15) is 5.10 Å². The number of nitrogens with one attached hydrogen (secondary N) is 3. The predicted octanol–water partition coefficient (Wildman–Crippen LogP) is 3.79. The van der Waals surface area contributed by atoms with E-state index in [9.17, 15) is 0 Å². The predicted molar refractivity (Wildman–Crippen MR) is 131 cm³/mol. The van der Waals surface area contributed by atoms with Crippen LogP contribution in [0.15, 0.2) is 63.8 Å². The Morgan fingerprint density at radius 3 is 2.81 bits per heavy atom. The molecule has 0 spiro atoms. The second-order valence-electron chi connectivity index (χ2n) is 7.05. The van der Waals surface area contributed by atoms with E-state index in [4.69, 9.17) is 11.6 Å². The molecule has 168 valence electrons. The van der Waals surface area contributed by atoms with Crippen LogP contribution < -0.4 is 10.6 Å². The molecule has 0 bridgehead atoms. The Bertz CT molecular complexity index is 823. The molecule has 0 atom stereocenters. The van der Waals surface area contributed by atoms with E-state index in [1.165, 1.54) is 0 Å². The minimum atomic E-state index is 0.240. The van der Waals surface area contributed by atoms with E-state index in [0.29, 0.717) is 12.4 Å². The molecule has 1 aliphatic rings. The first-order chi connectivity index (χ1) is 15.1. The topological polar surface area (TPSA) is 93.1 Å². The second-order valence-corrected chi connectivity index (χ2v) is 7.31. The number of unbranched alkanes of at least 4 members (excludes halogenated alkanes) is 2. The Balaban J connectivity index is 1.95. The molecule has 2 heterocycles. The molecule has 0 radical (unpaired) electrons. The van der Waals surface area contributed by atoms with E-state index in [0.717, 1.165) is 73.8 Å². The zero-order valence-electron chi connectivity index (χ0n) is 18.3. The van der Waals surface area contributed by atoms with Crippen molar-refractivity contribution in [3.05, 3.63) is 54.5 Å². The Morgan fingerprint density at radius 1 is 1.35 bits per heavy atom. The number of nitrogens with zero attached hydrogens (tertiary/aromatic N) is 5. The minimum absolute atomic E-state index is 0.240. The first kappa shape index (κ1) is 24.4. The second kappa shape index (κ2) is 13.4. The lowest BCUT2D eigenvalue weighted by Crippen LogP contribution is -2.31. The van der Waals surface area contributed by atoms with Crippen LogP contribution in [0.5, 0.6) is 0 Å². The summed E-state index contributed by atoms with van der Waals surface area (Å²) in [4.78, 5) is 15.5. The summed E-state index contributed by atoms with van der Waals surface area (Å²) < 4.78 is 0. The fourth-order valence-corrected chi connectivity index (χ4v) is 3.38. The van der Waals surface area contributed by atoms with Gasteiger partial charge in [-0.05, 0) is 38.2 Å². The lowest BCUT2D eigenvalue weighted by atomic mass is 10.2. The van der Waals surface area contributed by atoms with Gasteiger partial charge >= 0.3 is 0 Å². The molecule has 2 rings (SSSR count). The van der Waals surface area contributed by atoms with Crippen molar-refractivity contribution in [1.29, 1.82) is 0 Å². The molecule has 3 N–H and O–H groups in total. The third-order valence-corrected chi connectivity index (χ3v) is 5.03. The van der Waals surface area contributed by atoms with Gasteiger partial charge in [0.25, 0.3) is 0 Å². The summed E-state index contributed by atoms with van der Waals surface area (Å²) in [6.45, 7) is 16.2. The van der Waals surface area contributed by atoms with E-state index in [1.54, 1.807) is 12.4 Å². The number of rotatable bonds is 16. The zero-order valence-corrected chi connectivity index (χ0v) is 19.1. The average Bonchev–Trinajstić information content (AvgIpc) is 3.47.